The second-order valence-corrected chi connectivity index (χ2v) is 10.6. The molecule has 0 aromatic carbocycles. The number of thiocarbonyl (C=S) groups is 1. The number of nitrogens with zero attached hydrogens (tertiary/aromatic N) is 5. The number of hydrogen-bond acceptors (Lipinski definition) is 8. The molecule has 1 aromatic heterocycles. The van der Waals surface area contributed by atoms with Crippen molar-refractivity contribution >= 4 is 40.0 Å². The second-order valence-electron chi connectivity index (χ2n) is 8.28. The van der Waals surface area contributed by atoms with Crippen LogP contribution in [0.3, 0.4) is 0 Å². The Morgan fingerprint density at radius 3 is 2.83 bits per heavy atom. The van der Waals surface area contributed by atoms with Gasteiger partial charge in [0.1, 0.15) is 5.69 Å². The van der Waals surface area contributed by atoms with E-state index in [9.17, 15) is 10.0 Å². The zero-order valence-corrected chi connectivity index (χ0v) is 18.3. The summed E-state index contributed by atoms with van der Waals surface area (Å²) in [5, 5.41) is 28.7. The minimum Gasteiger partial charge on any atom is -0.333 e. The van der Waals surface area contributed by atoms with Crippen molar-refractivity contribution in [2.45, 2.75) is 82.2 Å². The highest BCUT2D eigenvalue weighted by atomic mass is 32.2. The maximum Gasteiger partial charge on any atom is 0.343 e. The monoisotopic (exact) mass is 438 g/mol. The number of hydrogen-bond donors (Lipinski definition) is 2. The van der Waals surface area contributed by atoms with Crippen molar-refractivity contribution in [3.05, 3.63) is 11.4 Å². The summed E-state index contributed by atoms with van der Waals surface area (Å²) < 4.78 is 4.82. The van der Waals surface area contributed by atoms with Gasteiger partial charge in [0, 0.05) is 6.04 Å². The van der Waals surface area contributed by atoms with Crippen molar-refractivity contribution in [3.63, 3.8) is 0 Å². The summed E-state index contributed by atoms with van der Waals surface area (Å²) in [7, 11) is 0. The highest BCUT2D eigenvalue weighted by Gasteiger charge is 2.50. The highest BCUT2D eigenvalue weighted by molar-refractivity contribution is 8.24. The van der Waals surface area contributed by atoms with E-state index in [0.29, 0.717) is 22.1 Å². The number of thioether (sulfide) groups is 1. The van der Waals surface area contributed by atoms with Crippen LogP contribution in [0.1, 0.15) is 70.2 Å². The van der Waals surface area contributed by atoms with Crippen LogP contribution < -0.4 is 5.32 Å². The Morgan fingerprint density at radius 2 is 2.07 bits per heavy atom. The third kappa shape index (κ3) is 4.13. The van der Waals surface area contributed by atoms with Gasteiger partial charge in [0.25, 0.3) is 0 Å². The van der Waals surface area contributed by atoms with Gasteiger partial charge in [-0.3, -0.25) is 5.21 Å². The van der Waals surface area contributed by atoms with Crippen LogP contribution >= 0.6 is 24.0 Å². The maximum atomic E-state index is 12.8. The average molecular weight is 439 g/mol. The zero-order valence-electron chi connectivity index (χ0n) is 16.6. The van der Waals surface area contributed by atoms with Crippen LogP contribution in [-0.2, 0) is 6.42 Å². The van der Waals surface area contributed by atoms with Crippen molar-refractivity contribution in [1.29, 1.82) is 0 Å². The van der Waals surface area contributed by atoms with Gasteiger partial charge in [0.05, 0.1) is 10.5 Å². The van der Waals surface area contributed by atoms with Gasteiger partial charge in [-0.25, -0.2) is 14.4 Å². The standard InChI is InChI=1S/C18H26N6O3S2/c1-18(2)15(24(26)16(25)19-11-7-4-3-5-8-11)23(17(28)29-18)20-12-9-6-10-13-14(12)22-27-21-13/h11,15,26H,3-10H2,1-2H3,(H,19,25)/b20-12+. The summed E-state index contributed by atoms with van der Waals surface area (Å²) in [6.07, 6.45) is 6.91. The van der Waals surface area contributed by atoms with Gasteiger partial charge < -0.3 is 5.32 Å². The molecule has 1 unspecified atom stereocenters. The van der Waals surface area contributed by atoms with Crippen LogP contribution in [0.2, 0.25) is 0 Å². The first kappa shape index (κ1) is 20.5. The number of carbonyl (C=O) groups is 1. The molecular formula is C18H26N6O3S2. The Bertz CT molecular complexity index is 820. The summed E-state index contributed by atoms with van der Waals surface area (Å²) in [5.74, 6) is 0. The van der Waals surface area contributed by atoms with Gasteiger partial charge in [-0.05, 0) is 51.1 Å². The minimum absolute atomic E-state index is 0.0943. The summed E-state index contributed by atoms with van der Waals surface area (Å²) in [6, 6.07) is -0.421. The number of hydroxylamine groups is 2. The molecule has 2 aliphatic carbocycles. The minimum atomic E-state index is -0.735. The lowest BCUT2D eigenvalue weighted by Crippen LogP contribution is -2.57. The molecule has 1 atom stereocenters. The number of urea groups is 1. The van der Waals surface area contributed by atoms with Gasteiger partial charge in [0.15, 0.2) is 16.2 Å². The van der Waals surface area contributed by atoms with Gasteiger partial charge in [-0.15, -0.1) is 0 Å². The molecule has 3 aliphatic rings. The second kappa shape index (κ2) is 8.19. The van der Waals surface area contributed by atoms with Crippen molar-refractivity contribution in [2.75, 3.05) is 0 Å². The number of aromatic nitrogens is 2. The molecule has 1 saturated heterocycles. The number of fused-ring (bicyclic) bond motifs is 1. The van der Waals surface area contributed by atoms with Crippen LogP contribution in [0.25, 0.3) is 0 Å². The fourth-order valence-electron chi connectivity index (χ4n) is 4.17. The molecule has 29 heavy (non-hydrogen) atoms. The molecule has 9 nitrogen and oxygen atoms in total. The third-order valence-corrected chi connectivity index (χ3v) is 7.18. The fourth-order valence-corrected chi connectivity index (χ4v) is 5.94. The molecular weight excluding hydrogens is 412 g/mol. The lowest BCUT2D eigenvalue weighted by molar-refractivity contribution is -0.119. The summed E-state index contributed by atoms with van der Waals surface area (Å²) >= 11 is 6.94. The van der Waals surface area contributed by atoms with E-state index in [4.69, 9.17) is 21.9 Å². The first-order valence-electron chi connectivity index (χ1n) is 10.1. The first-order valence-corrected chi connectivity index (χ1v) is 11.3. The van der Waals surface area contributed by atoms with Crippen molar-refractivity contribution < 1.29 is 14.6 Å². The Kier molecular flexibility index (Phi) is 5.80. The molecule has 2 fully saturated rings. The maximum absolute atomic E-state index is 12.8. The zero-order chi connectivity index (χ0) is 20.6. The summed E-state index contributed by atoms with van der Waals surface area (Å²) in [4.78, 5) is 12.8. The van der Waals surface area contributed by atoms with Gasteiger partial charge in [-0.1, -0.05) is 48.4 Å². The average Bonchev–Trinajstić information content (AvgIpc) is 3.25. The molecule has 0 spiro atoms. The molecule has 1 aromatic rings. The lowest BCUT2D eigenvalue weighted by atomic mass is 9.96. The van der Waals surface area contributed by atoms with E-state index >= 15 is 0 Å². The van der Waals surface area contributed by atoms with Crippen LogP contribution in [-0.4, -0.2) is 58.6 Å². The Balaban J connectivity index is 1.57. The molecule has 2 heterocycles. The summed E-state index contributed by atoms with van der Waals surface area (Å²) in [6.45, 7) is 3.88. The predicted octanol–water partition coefficient (Wildman–Crippen LogP) is 3.28. The van der Waals surface area contributed by atoms with Gasteiger partial charge in [-0.2, -0.15) is 10.2 Å². The third-order valence-electron chi connectivity index (χ3n) is 5.65. The van der Waals surface area contributed by atoms with E-state index in [1.54, 1.807) is 5.01 Å². The molecule has 1 saturated carbocycles. The van der Waals surface area contributed by atoms with E-state index in [-0.39, 0.29) is 6.04 Å². The smallest absolute Gasteiger partial charge is 0.333 e. The van der Waals surface area contributed by atoms with Crippen molar-refractivity contribution in [2.24, 2.45) is 5.10 Å². The molecule has 0 radical (unpaired) electrons. The SMILES string of the molecule is CC1(C)SC(=S)N(/N=C2\CCCc3nonc32)C1N(O)C(=O)NC1CCCCC1. The molecule has 2 N–H and O–H groups in total. The van der Waals surface area contributed by atoms with Gasteiger partial charge >= 0.3 is 6.03 Å². The molecule has 4 rings (SSSR count). The van der Waals surface area contributed by atoms with Crippen LogP contribution in [0.15, 0.2) is 9.73 Å². The lowest BCUT2D eigenvalue weighted by Gasteiger charge is -2.35. The topological polar surface area (TPSA) is 107 Å². The molecule has 2 amide bonds. The van der Waals surface area contributed by atoms with Crippen LogP contribution in [0.5, 0.6) is 0 Å². The van der Waals surface area contributed by atoms with E-state index in [1.807, 2.05) is 13.8 Å². The first-order chi connectivity index (χ1) is 13.9. The Morgan fingerprint density at radius 1 is 1.31 bits per heavy atom. The number of amides is 2. The number of rotatable bonds is 3. The van der Waals surface area contributed by atoms with Crippen LogP contribution in [0, 0.1) is 0 Å². The number of aryl methyl sites for hydroxylation is 1. The van der Waals surface area contributed by atoms with Gasteiger partial charge in [0.2, 0.25) is 0 Å². The molecule has 158 valence electrons. The summed E-state index contributed by atoms with van der Waals surface area (Å²) in [5.41, 5.74) is 2.11. The Hall–Kier alpha value is -1.72. The number of carbonyl (C=O) groups excluding carboxylic acids is 1. The van der Waals surface area contributed by atoms with E-state index in [2.05, 4.69) is 15.6 Å². The van der Waals surface area contributed by atoms with E-state index in [1.165, 1.54) is 18.2 Å². The quantitative estimate of drug-likeness (QED) is 0.421. The van der Waals surface area contributed by atoms with Crippen molar-refractivity contribution in [3.8, 4) is 0 Å². The molecule has 1 aliphatic heterocycles. The number of nitrogens with one attached hydrogen (secondary N) is 1. The van der Waals surface area contributed by atoms with Crippen LogP contribution in [0.4, 0.5) is 4.79 Å². The van der Waals surface area contributed by atoms with E-state index in [0.717, 1.165) is 49.3 Å². The highest BCUT2D eigenvalue weighted by Crippen LogP contribution is 2.43. The molecule has 11 heteroatoms. The normalized spacial score (nSPS) is 25.9. The van der Waals surface area contributed by atoms with E-state index < -0.39 is 16.9 Å². The molecule has 0 bridgehead atoms. The predicted molar refractivity (Wildman–Crippen MR) is 113 cm³/mol. The van der Waals surface area contributed by atoms with Crippen molar-refractivity contribution in [1.82, 2.24) is 25.7 Å². The Labute approximate surface area is 179 Å². The fraction of sp³-hybridized carbons (Fsp3) is 0.722. The largest absolute Gasteiger partial charge is 0.343 e. The number of hydrazone groups is 1.